The van der Waals surface area contributed by atoms with Gasteiger partial charge in [-0.25, -0.2) is 4.98 Å². The molecule has 0 amide bonds. The maximum absolute atomic E-state index is 13.2. The van der Waals surface area contributed by atoms with E-state index in [1.807, 2.05) is 18.3 Å². The van der Waals surface area contributed by atoms with Crippen LogP contribution in [0, 0.1) is 0 Å². The number of nitrogens with one attached hydrogen (secondary N) is 4. The average Bonchev–Trinajstić information content (AvgIpc) is 3.28. The van der Waals surface area contributed by atoms with Gasteiger partial charge in [0.1, 0.15) is 5.82 Å². The maximum atomic E-state index is 13.2. The molecule has 0 saturated heterocycles. The average molecular weight is 575 g/mol. The molecule has 5 rings (SSSR count). The molecule has 0 saturated carbocycles. The number of aromatic amines is 1. The zero-order valence-electron chi connectivity index (χ0n) is 19.0. The highest BCUT2D eigenvalue weighted by atomic mass is 79.9. The largest absolute Gasteiger partial charge is 0.417 e. The summed E-state index contributed by atoms with van der Waals surface area (Å²) in [5.41, 5.74) is 4.19. The molecule has 6 nitrogen and oxygen atoms in total. The van der Waals surface area contributed by atoms with E-state index in [1.54, 1.807) is 12.3 Å². The summed E-state index contributed by atoms with van der Waals surface area (Å²) in [7, 11) is 2.13. The van der Waals surface area contributed by atoms with Crippen LogP contribution in [-0.2, 0) is 12.7 Å². The Hall–Kier alpha value is -2.94. The van der Waals surface area contributed by atoms with Crippen LogP contribution in [-0.4, -0.2) is 28.0 Å². The third kappa shape index (κ3) is 5.40. The Balaban J connectivity index is 1.34. The van der Waals surface area contributed by atoms with E-state index >= 15 is 0 Å². The van der Waals surface area contributed by atoms with E-state index in [2.05, 4.69) is 68.2 Å². The molecule has 2 aromatic carbocycles. The topological polar surface area (TPSA) is 77.7 Å². The van der Waals surface area contributed by atoms with Gasteiger partial charge in [0.25, 0.3) is 0 Å². The molecule has 0 bridgehead atoms. The molecular weight excluding hydrogens is 552 g/mol. The summed E-state index contributed by atoms with van der Waals surface area (Å²) in [5, 5.41) is 10.9. The van der Waals surface area contributed by atoms with Gasteiger partial charge in [0, 0.05) is 47.6 Å². The second-order valence-corrected chi connectivity index (χ2v) is 9.91. The van der Waals surface area contributed by atoms with Crippen molar-refractivity contribution in [2.24, 2.45) is 0 Å². The Morgan fingerprint density at radius 3 is 2.78 bits per heavy atom. The highest BCUT2D eigenvalue weighted by Crippen LogP contribution is 2.32. The zero-order valence-corrected chi connectivity index (χ0v) is 21.7. The molecular formula is C25H23BrF3N6P. The lowest BCUT2D eigenvalue weighted by molar-refractivity contribution is -0.136. The SMILES string of the molecule is FC(F)(F)c1cc(CNc2nc(Nc3ccc4[nH]cc(C5=CCNCC5)c4c3)ncc2Br)ccc1P. The van der Waals surface area contributed by atoms with Crippen LogP contribution in [0.25, 0.3) is 16.5 Å². The molecule has 1 unspecified atom stereocenters. The van der Waals surface area contributed by atoms with Gasteiger partial charge in [0.05, 0.1) is 10.0 Å². The lowest BCUT2D eigenvalue weighted by Crippen LogP contribution is -2.19. The van der Waals surface area contributed by atoms with E-state index < -0.39 is 11.7 Å². The fourth-order valence-corrected chi connectivity index (χ4v) is 4.83. The molecule has 4 N–H and O–H groups in total. The van der Waals surface area contributed by atoms with Gasteiger partial charge >= 0.3 is 6.18 Å². The molecule has 11 heteroatoms. The number of H-pyrrole nitrogens is 1. The van der Waals surface area contributed by atoms with Crippen molar-refractivity contribution in [1.82, 2.24) is 20.3 Å². The van der Waals surface area contributed by atoms with Crippen molar-refractivity contribution in [3.63, 3.8) is 0 Å². The molecule has 2 aromatic heterocycles. The van der Waals surface area contributed by atoms with Crippen molar-refractivity contribution in [2.45, 2.75) is 19.1 Å². The lowest BCUT2D eigenvalue weighted by atomic mass is 9.99. The van der Waals surface area contributed by atoms with Gasteiger partial charge in [-0.15, -0.1) is 9.24 Å². The molecule has 1 aliphatic rings. The number of halogens is 4. The van der Waals surface area contributed by atoms with Crippen LogP contribution in [0.2, 0.25) is 0 Å². The summed E-state index contributed by atoms with van der Waals surface area (Å²) in [4.78, 5) is 12.2. The number of alkyl halides is 3. The predicted octanol–water partition coefficient (Wildman–Crippen LogP) is 5.97. The number of aromatic nitrogens is 3. The molecule has 1 aliphatic heterocycles. The van der Waals surface area contributed by atoms with Gasteiger partial charge in [-0.1, -0.05) is 18.2 Å². The molecule has 0 radical (unpaired) electrons. The van der Waals surface area contributed by atoms with E-state index in [4.69, 9.17) is 0 Å². The van der Waals surface area contributed by atoms with E-state index in [1.165, 1.54) is 17.2 Å². The molecule has 1 atom stereocenters. The first-order valence-corrected chi connectivity index (χ1v) is 12.7. The van der Waals surface area contributed by atoms with Crippen molar-refractivity contribution >= 4 is 64.4 Å². The molecule has 0 fully saturated rings. The number of anilines is 3. The van der Waals surface area contributed by atoms with Crippen molar-refractivity contribution in [2.75, 3.05) is 23.7 Å². The van der Waals surface area contributed by atoms with Crippen molar-refractivity contribution < 1.29 is 13.2 Å². The Morgan fingerprint density at radius 1 is 1.14 bits per heavy atom. The molecule has 0 aliphatic carbocycles. The van der Waals surface area contributed by atoms with Crippen LogP contribution in [0.5, 0.6) is 0 Å². The fourth-order valence-electron chi connectivity index (χ4n) is 4.16. The van der Waals surface area contributed by atoms with Gasteiger partial charge in [-0.05, 0) is 69.6 Å². The molecule has 0 spiro atoms. The van der Waals surface area contributed by atoms with Gasteiger partial charge in [0.15, 0.2) is 0 Å². The number of nitrogens with zero attached hydrogens (tertiary/aromatic N) is 2. The lowest BCUT2D eigenvalue weighted by Gasteiger charge is -2.14. The second-order valence-electron chi connectivity index (χ2n) is 8.43. The minimum atomic E-state index is -4.41. The summed E-state index contributed by atoms with van der Waals surface area (Å²) in [6.07, 6.45) is 2.42. The van der Waals surface area contributed by atoms with Crippen molar-refractivity contribution in [1.29, 1.82) is 0 Å². The first-order chi connectivity index (χ1) is 17.3. The van der Waals surface area contributed by atoms with E-state index in [9.17, 15) is 13.2 Å². The first-order valence-electron chi connectivity index (χ1n) is 11.3. The van der Waals surface area contributed by atoms with Gasteiger partial charge in [-0.3, -0.25) is 0 Å². The zero-order chi connectivity index (χ0) is 25.3. The third-order valence-corrected chi connectivity index (χ3v) is 7.06. The summed E-state index contributed by atoms with van der Waals surface area (Å²) in [6.45, 7) is 1.99. The van der Waals surface area contributed by atoms with E-state index in [0.717, 1.165) is 42.2 Å². The Kier molecular flexibility index (Phi) is 7.01. The maximum Gasteiger partial charge on any atom is 0.417 e. The summed E-state index contributed by atoms with van der Waals surface area (Å²) < 4.78 is 40.3. The van der Waals surface area contributed by atoms with Gasteiger partial charge in [-0.2, -0.15) is 18.2 Å². The second kappa shape index (κ2) is 10.2. The molecule has 4 aromatic rings. The smallest absolute Gasteiger partial charge is 0.365 e. The summed E-state index contributed by atoms with van der Waals surface area (Å²) in [6, 6.07) is 10.3. The van der Waals surface area contributed by atoms with Gasteiger partial charge in [0.2, 0.25) is 5.95 Å². The van der Waals surface area contributed by atoms with Crippen molar-refractivity contribution in [3.8, 4) is 0 Å². The fraction of sp³-hybridized carbons (Fsp3) is 0.200. The molecule has 3 heterocycles. The minimum absolute atomic E-state index is 0.111. The van der Waals surface area contributed by atoms with Gasteiger partial charge < -0.3 is 20.9 Å². The number of hydrogen-bond acceptors (Lipinski definition) is 5. The highest BCUT2D eigenvalue weighted by molar-refractivity contribution is 9.10. The molecule has 186 valence electrons. The highest BCUT2D eigenvalue weighted by Gasteiger charge is 2.32. The monoisotopic (exact) mass is 574 g/mol. The van der Waals surface area contributed by atoms with Crippen molar-refractivity contribution in [3.05, 3.63) is 76.0 Å². The van der Waals surface area contributed by atoms with Crippen LogP contribution in [0.15, 0.2) is 59.3 Å². The Morgan fingerprint density at radius 2 is 2.00 bits per heavy atom. The molecule has 36 heavy (non-hydrogen) atoms. The summed E-state index contributed by atoms with van der Waals surface area (Å²) in [5.74, 6) is 0.841. The quantitative estimate of drug-likeness (QED) is 0.213. The number of fused-ring (bicyclic) bond motifs is 1. The van der Waals surface area contributed by atoms with E-state index in [-0.39, 0.29) is 11.8 Å². The van der Waals surface area contributed by atoms with Crippen LogP contribution in [0.1, 0.15) is 23.1 Å². The normalized spacial score (nSPS) is 14.1. The first kappa shape index (κ1) is 24.7. The number of rotatable bonds is 6. The van der Waals surface area contributed by atoms with Crippen LogP contribution in [0.4, 0.5) is 30.6 Å². The Bertz CT molecular complexity index is 1450. The Labute approximate surface area is 216 Å². The predicted molar refractivity (Wildman–Crippen MR) is 145 cm³/mol. The van der Waals surface area contributed by atoms with Crippen LogP contribution >= 0.6 is 25.2 Å². The summed E-state index contributed by atoms with van der Waals surface area (Å²) >= 11 is 3.41. The third-order valence-electron chi connectivity index (χ3n) is 5.97. The number of hydrogen-bond donors (Lipinski definition) is 4. The van der Waals surface area contributed by atoms with Crippen LogP contribution in [0.3, 0.4) is 0 Å². The van der Waals surface area contributed by atoms with Crippen LogP contribution < -0.4 is 21.3 Å². The number of benzene rings is 2. The standard InChI is InChI=1S/C25H23BrF3N6P/c26-20-13-33-24(35-23(20)32-11-14-1-4-22(36)19(9-14)25(27,28)29)34-16-2-3-21-17(10-16)18(12-31-21)15-5-7-30-8-6-15/h1-5,9-10,12-13,30-31H,6-8,11,36H2,(H2,32,33,34,35). The van der Waals surface area contributed by atoms with E-state index in [0.29, 0.717) is 21.8 Å². The minimum Gasteiger partial charge on any atom is -0.365 e.